The molecule has 0 amide bonds. The molecule has 0 fully saturated rings. The first-order valence-electron chi connectivity index (χ1n) is 6.07. The van der Waals surface area contributed by atoms with E-state index in [0.29, 0.717) is 6.04 Å². The zero-order valence-electron chi connectivity index (χ0n) is 11.8. The van der Waals surface area contributed by atoms with Crippen molar-refractivity contribution in [2.45, 2.75) is 47.3 Å². The van der Waals surface area contributed by atoms with Crippen molar-refractivity contribution >= 4 is 5.82 Å². The van der Waals surface area contributed by atoms with Gasteiger partial charge in [-0.2, -0.15) is 0 Å². The Bertz CT molecular complexity index is 382. The van der Waals surface area contributed by atoms with Gasteiger partial charge in [-0.1, -0.05) is 20.8 Å². The second-order valence-corrected chi connectivity index (χ2v) is 5.79. The second kappa shape index (κ2) is 5.05. The molecule has 17 heavy (non-hydrogen) atoms. The van der Waals surface area contributed by atoms with E-state index in [0.717, 1.165) is 17.1 Å². The summed E-state index contributed by atoms with van der Waals surface area (Å²) < 4.78 is 0. The molecule has 0 bridgehead atoms. The van der Waals surface area contributed by atoms with Crippen LogP contribution in [-0.4, -0.2) is 23.2 Å². The summed E-state index contributed by atoms with van der Waals surface area (Å²) in [6.07, 6.45) is 0. The molecule has 1 N–H and O–H groups in total. The highest BCUT2D eigenvalue weighted by Gasteiger charge is 2.24. The molecule has 0 saturated heterocycles. The normalized spacial score (nSPS) is 13.6. The molecule has 3 heteroatoms. The predicted octanol–water partition coefficient (Wildman–Crippen LogP) is 2.75. The maximum absolute atomic E-state index is 9.22. The number of pyridine rings is 1. The molecule has 3 nitrogen and oxygen atoms in total. The molecular formula is C14H24N2O. The highest BCUT2D eigenvalue weighted by Crippen LogP contribution is 2.26. The minimum atomic E-state index is 0.0636. The lowest BCUT2D eigenvalue weighted by Crippen LogP contribution is -2.39. The summed E-state index contributed by atoms with van der Waals surface area (Å²) >= 11 is 0. The Morgan fingerprint density at radius 3 is 2.41 bits per heavy atom. The number of aryl methyl sites for hydroxylation is 1. The molecule has 0 aromatic carbocycles. The van der Waals surface area contributed by atoms with Crippen LogP contribution in [0.25, 0.3) is 0 Å². The van der Waals surface area contributed by atoms with Gasteiger partial charge in [0.1, 0.15) is 5.82 Å². The molecule has 0 radical (unpaired) electrons. The number of aliphatic hydroxyl groups excluding tert-OH is 1. The standard InChI is InChI=1S/C14H24N2O/c1-10-7-12(9-17)8-13(15-10)16(6)11(2)14(3,4)5/h7-8,11,17H,9H2,1-6H3. The third-order valence-electron chi connectivity index (χ3n) is 3.38. The second-order valence-electron chi connectivity index (χ2n) is 5.79. The number of aliphatic hydroxyl groups is 1. The van der Waals surface area contributed by atoms with Crippen LogP contribution in [0.3, 0.4) is 0 Å². The van der Waals surface area contributed by atoms with E-state index >= 15 is 0 Å². The van der Waals surface area contributed by atoms with Crippen LogP contribution in [0.4, 0.5) is 5.82 Å². The van der Waals surface area contributed by atoms with Crippen LogP contribution in [0.1, 0.15) is 39.0 Å². The molecule has 1 aromatic heterocycles. The van der Waals surface area contributed by atoms with Crippen LogP contribution in [0.5, 0.6) is 0 Å². The Morgan fingerprint density at radius 1 is 1.35 bits per heavy atom. The zero-order valence-corrected chi connectivity index (χ0v) is 11.8. The molecule has 0 spiro atoms. The number of rotatable bonds is 3. The Labute approximate surface area is 104 Å². The van der Waals surface area contributed by atoms with Crippen molar-refractivity contribution in [2.75, 3.05) is 11.9 Å². The molecule has 1 atom stereocenters. The molecule has 0 aliphatic carbocycles. The molecule has 1 aromatic rings. The lowest BCUT2D eigenvalue weighted by atomic mass is 9.87. The third kappa shape index (κ3) is 3.43. The van der Waals surface area contributed by atoms with E-state index < -0.39 is 0 Å². The maximum atomic E-state index is 9.22. The first-order valence-corrected chi connectivity index (χ1v) is 6.07. The van der Waals surface area contributed by atoms with Crippen LogP contribution < -0.4 is 4.90 Å². The molecule has 1 heterocycles. The lowest BCUT2D eigenvalue weighted by Gasteiger charge is -2.36. The van der Waals surface area contributed by atoms with Gasteiger partial charge in [0.15, 0.2) is 0 Å². The van der Waals surface area contributed by atoms with E-state index in [1.165, 1.54) is 0 Å². The van der Waals surface area contributed by atoms with Crippen molar-refractivity contribution in [1.82, 2.24) is 4.98 Å². The van der Waals surface area contributed by atoms with Crippen LogP contribution in [0, 0.1) is 12.3 Å². The Morgan fingerprint density at radius 2 is 1.94 bits per heavy atom. The predicted molar refractivity (Wildman–Crippen MR) is 72.2 cm³/mol. The highest BCUT2D eigenvalue weighted by atomic mass is 16.3. The Hall–Kier alpha value is -1.09. The summed E-state index contributed by atoms with van der Waals surface area (Å²) in [5.74, 6) is 0.927. The Kier molecular flexibility index (Phi) is 4.15. The first kappa shape index (κ1) is 14.0. The summed E-state index contributed by atoms with van der Waals surface area (Å²) in [4.78, 5) is 6.70. The fourth-order valence-corrected chi connectivity index (χ4v) is 1.77. The van der Waals surface area contributed by atoms with Crippen molar-refractivity contribution < 1.29 is 5.11 Å². The molecule has 0 aliphatic heterocycles. The van der Waals surface area contributed by atoms with Crippen LogP contribution in [-0.2, 0) is 6.61 Å². The van der Waals surface area contributed by atoms with E-state index in [1.54, 1.807) is 0 Å². The average molecular weight is 236 g/mol. The summed E-state index contributed by atoms with van der Waals surface area (Å²) in [7, 11) is 2.05. The van der Waals surface area contributed by atoms with Gasteiger partial charge in [-0.15, -0.1) is 0 Å². The van der Waals surface area contributed by atoms with Crippen LogP contribution >= 0.6 is 0 Å². The molecule has 96 valence electrons. The van der Waals surface area contributed by atoms with Crippen molar-refractivity contribution in [2.24, 2.45) is 5.41 Å². The quantitative estimate of drug-likeness (QED) is 0.876. The van der Waals surface area contributed by atoms with Gasteiger partial charge < -0.3 is 10.0 Å². The van der Waals surface area contributed by atoms with Crippen molar-refractivity contribution in [3.05, 3.63) is 23.4 Å². The summed E-state index contributed by atoms with van der Waals surface area (Å²) in [5, 5.41) is 9.22. The number of hydrogen-bond acceptors (Lipinski definition) is 3. The summed E-state index contributed by atoms with van der Waals surface area (Å²) in [6, 6.07) is 4.25. The number of nitrogens with zero attached hydrogens (tertiary/aromatic N) is 2. The fraction of sp³-hybridized carbons (Fsp3) is 0.643. The van der Waals surface area contributed by atoms with Gasteiger partial charge in [-0.25, -0.2) is 4.98 Å². The van der Waals surface area contributed by atoms with E-state index in [9.17, 15) is 5.11 Å². The van der Waals surface area contributed by atoms with E-state index in [1.807, 2.05) is 19.1 Å². The maximum Gasteiger partial charge on any atom is 0.129 e. The van der Waals surface area contributed by atoms with Crippen molar-refractivity contribution in [3.63, 3.8) is 0 Å². The van der Waals surface area contributed by atoms with Gasteiger partial charge >= 0.3 is 0 Å². The SMILES string of the molecule is Cc1cc(CO)cc(N(C)C(C)C(C)(C)C)n1. The van der Waals surface area contributed by atoms with Crippen LogP contribution in [0.2, 0.25) is 0 Å². The third-order valence-corrected chi connectivity index (χ3v) is 3.38. The molecule has 0 aliphatic rings. The van der Waals surface area contributed by atoms with E-state index in [2.05, 4.69) is 44.6 Å². The van der Waals surface area contributed by atoms with Crippen LogP contribution in [0.15, 0.2) is 12.1 Å². The number of hydrogen-bond donors (Lipinski definition) is 1. The minimum absolute atomic E-state index is 0.0636. The average Bonchev–Trinajstić information content (AvgIpc) is 2.24. The highest BCUT2D eigenvalue weighted by molar-refractivity contribution is 5.43. The molecule has 1 rings (SSSR count). The Balaban J connectivity index is 3.03. The number of anilines is 1. The van der Waals surface area contributed by atoms with E-state index in [-0.39, 0.29) is 12.0 Å². The van der Waals surface area contributed by atoms with Gasteiger partial charge in [-0.05, 0) is 37.0 Å². The van der Waals surface area contributed by atoms with Crippen molar-refractivity contribution in [3.8, 4) is 0 Å². The minimum Gasteiger partial charge on any atom is -0.392 e. The van der Waals surface area contributed by atoms with Crippen molar-refractivity contribution in [1.29, 1.82) is 0 Å². The van der Waals surface area contributed by atoms with Gasteiger partial charge in [-0.3, -0.25) is 0 Å². The molecule has 0 saturated carbocycles. The topological polar surface area (TPSA) is 36.4 Å². The summed E-state index contributed by atoms with van der Waals surface area (Å²) in [5.41, 5.74) is 2.06. The largest absolute Gasteiger partial charge is 0.392 e. The monoisotopic (exact) mass is 236 g/mol. The smallest absolute Gasteiger partial charge is 0.129 e. The lowest BCUT2D eigenvalue weighted by molar-refractivity contribution is 0.281. The molecule has 1 unspecified atom stereocenters. The van der Waals surface area contributed by atoms with Gasteiger partial charge in [0.05, 0.1) is 6.61 Å². The summed E-state index contributed by atoms with van der Waals surface area (Å²) in [6.45, 7) is 10.9. The van der Waals surface area contributed by atoms with Gasteiger partial charge in [0, 0.05) is 18.8 Å². The molecular weight excluding hydrogens is 212 g/mol. The zero-order chi connectivity index (χ0) is 13.2. The van der Waals surface area contributed by atoms with Gasteiger partial charge in [0.2, 0.25) is 0 Å². The van der Waals surface area contributed by atoms with Gasteiger partial charge in [0.25, 0.3) is 0 Å². The first-order chi connectivity index (χ1) is 7.75. The fourth-order valence-electron chi connectivity index (χ4n) is 1.77. The van der Waals surface area contributed by atoms with E-state index in [4.69, 9.17) is 0 Å². The number of aromatic nitrogens is 1.